The number of terminal acetylenes is 1. The minimum atomic E-state index is -0.0996. The Hall–Kier alpha value is -2.38. The minimum absolute atomic E-state index is 0.0996. The van der Waals surface area contributed by atoms with Gasteiger partial charge in [0.05, 0.1) is 0 Å². The Kier molecular flexibility index (Phi) is 3.51. The van der Waals surface area contributed by atoms with E-state index in [0.29, 0.717) is 11.6 Å². The van der Waals surface area contributed by atoms with Crippen LogP contribution in [-0.2, 0) is 0 Å². The molecule has 4 heteroatoms. The molecule has 3 saturated heterocycles. The van der Waals surface area contributed by atoms with E-state index in [1.807, 2.05) is 18.2 Å². The highest BCUT2D eigenvalue weighted by Gasteiger charge is 2.35. The van der Waals surface area contributed by atoms with Crippen molar-refractivity contribution in [2.45, 2.75) is 18.9 Å². The number of carbonyl (C=O) groups excluding carboxylic acids is 1. The number of aromatic nitrogens is 1. The molecule has 0 aliphatic carbocycles. The van der Waals surface area contributed by atoms with Crippen LogP contribution in [0.5, 0.6) is 0 Å². The van der Waals surface area contributed by atoms with Crippen LogP contribution in [0.15, 0.2) is 30.5 Å². The molecule has 23 heavy (non-hydrogen) atoms. The average molecular weight is 305 g/mol. The molecule has 5 rings (SSSR count). The maximum atomic E-state index is 12.6. The predicted molar refractivity (Wildman–Crippen MR) is 90.1 cm³/mol. The number of carbonyl (C=O) groups is 1. The summed E-state index contributed by atoms with van der Waals surface area (Å²) in [5.41, 5.74) is 1.23. The number of benzene rings is 1. The van der Waals surface area contributed by atoms with Crippen molar-refractivity contribution in [1.29, 1.82) is 0 Å². The third-order valence-electron chi connectivity index (χ3n) is 5.12. The minimum Gasteiger partial charge on any atom is -0.346 e. The number of hydrogen-bond acceptors (Lipinski definition) is 3. The summed E-state index contributed by atoms with van der Waals surface area (Å²) in [6.45, 7) is 3.28. The zero-order valence-corrected chi connectivity index (χ0v) is 13.0. The lowest BCUT2D eigenvalue weighted by Gasteiger charge is -2.44. The van der Waals surface area contributed by atoms with Crippen LogP contribution < -0.4 is 5.32 Å². The van der Waals surface area contributed by atoms with Crippen molar-refractivity contribution >= 4 is 16.7 Å². The van der Waals surface area contributed by atoms with Crippen molar-refractivity contribution in [3.05, 3.63) is 41.7 Å². The Morgan fingerprint density at radius 1 is 1.35 bits per heavy atom. The van der Waals surface area contributed by atoms with Crippen LogP contribution >= 0.6 is 0 Å². The molecule has 3 aliphatic rings. The van der Waals surface area contributed by atoms with Crippen molar-refractivity contribution in [2.24, 2.45) is 5.92 Å². The molecule has 1 N–H and O–H groups in total. The van der Waals surface area contributed by atoms with Crippen LogP contribution in [0.25, 0.3) is 10.8 Å². The Labute approximate surface area is 135 Å². The van der Waals surface area contributed by atoms with Gasteiger partial charge in [0.15, 0.2) is 0 Å². The molecule has 3 fully saturated rings. The lowest BCUT2D eigenvalue weighted by molar-refractivity contribution is 0.0618. The van der Waals surface area contributed by atoms with Gasteiger partial charge in [0.1, 0.15) is 5.69 Å². The number of nitrogens with one attached hydrogen (secondary N) is 1. The fourth-order valence-corrected chi connectivity index (χ4v) is 3.79. The number of nitrogens with zero attached hydrogens (tertiary/aromatic N) is 2. The first-order valence-electron chi connectivity index (χ1n) is 8.13. The van der Waals surface area contributed by atoms with Crippen molar-refractivity contribution in [3.63, 3.8) is 0 Å². The molecule has 1 aromatic heterocycles. The fourth-order valence-electron chi connectivity index (χ4n) is 3.79. The third-order valence-corrected chi connectivity index (χ3v) is 5.12. The van der Waals surface area contributed by atoms with Gasteiger partial charge >= 0.3 is 0 Å². The fraction of sp³-hybridized carbons (Fsp3) is 0.368. The van der Waals surface area contributed by atoms with E-state index in [4.69, 9.17) is 6.42 Å². The van der Waals surface area contributed by atoms with Crippen molar-refractivity contribution in [3.8, 4) is 12.3 Å². The first-order valence-corrected chi connectivity index (χ1v) is 8.13. The molecule has 4 heterocycles. The van der Waals surface area contributed by atoms with Gasteiger partial charge in [-0.05, 0) is 44.0 Å². The van der Waals surface area contributed by atoms with E-state index in [0.717, 1.165) is 36.0 Å². The van der Waals surface area contributed by atoms with Crippen LogP contribution in [0.3, 0.4) is 0 Å². The summed E-state index contributed by atoms with van der Waals surface area (Å²) in [6.07, 6.45) is 9.64. The zero-order chi connectivity index (χ0) is 15.8. The molecule has 0 radical (unpaired) electrons. The molecule has 116 valence electrons. The van der Waals surface area contributed by atoms with E-state index < -0.39 is 0 Å². The monoisotopic (exact) mass is 305 g/mol. The summed E-state index contributed by atoms with van der Waals surface area (Å²) < 4.78 is 0. The first-order chi connectivity index (χ1) is 11.2. The molecule has 2 bridgehead atoms. The second-order valence-electron chi connectivity index (χ2n) is 6.46. The predicted octanol–water partition coefficient (Wildman–Crippen LogP) is 2.04. The third kappa shape index (κ3) is 2.58. The van der Waals surface area contributed by atoms with Crippen molar-refractivity contribution in [2.75, 3.05) is 19.6 Å². The van der Waals surface area contributed by atoms with Crippen molar-refractivity contribution in [1.82, 2.24) is 15.2 Å². The molecule has 2 aromatic rings. The standard InChI is InChI=1S/C19H19N3O/c1-2-13-4-3-5-15-11-20-17(10-16(13)15)19(23)21-18-12-22-8-6-14(18)7-9-22/h1,3-5,10-11,14,18H,6-9,12H2,(H,21,23)/t18-/m0/s1. The highest BCUT2D eigenvalue weighted by molar-refractivity contribution is 5.98. The number of amides is 1. The van der Waals surface area contributed by atoms with E-state index in [9.17, 15) is 4.79 Å². The summed E-state index contributed by atoms with van der Waals surface area (Å²) in [5, 5.41) is 5.04. The molecule has 0 spiro atoms. The number of pyridine rings is 1. The van der Waals surface area contributed by atoms with Crippen LogP contribution in [0.2, 0.25) is 0 Å². The molecule has 1 amide bonds. The van der Waals surface area contributed by atoms with Gasteiger partial charge in [0.2, 0.25) is 0 Å². The topological polar surface area (TPSA) is 45.2 Å². The lowest BCUT2D eigenvalue weighted by atomic mass is 9.84. The molecule has 0 saturated carbocycles. The van der Waals surface area contributed by atoms with E-state index in [1.165, 1.54) is 12.8 Å². The van der Waals surface area contributed by atoms with Crippen LogP contribution in [0, 0.1) is 18.3 Å². The first kappa shape index (κ1) is 14.2. The zero-order valence-electron chi connectivity index (χ0n) is 13.0. The van der Waals surface area contributed by atoms with Gasteiger partial charge in [0.25, 0.3) is 5.91 Å². The number of hydrogen-bond donors (Lipinski definition) is 1. The summed E-state index contributed by atoms with van der Waals surface area (Å²) in [5.74, 6) is 3.18. The van der Waals surface area contributed by atoms with E-state index in [1.54, 1.807) is 12.3 Å². The Morgan fingerprint density at radius 3 is 2.87 bits per heavy atom. The largest absolute Gasteiger partial charge is 0.346 e. The normalized spacial score (nSPS) is 26.0. The van der Waals surface area contributed by atoms with Gasteiger partial charge < -0.3 is 10.2 Å². The number of fused-ring (bicyclic) bond motifs is 4. The Morgan fingerprint density at radius 2 is 2.17 bits per heavy atom. The molecule has 0 unspecified atom stereocenters. The lowest BCUT2D eigenvalue weighted by Crippen LogP contribution is -2.57. The second kappa shape index (κ2) is 5.68. The highest BCUT2D eigenvalue weighted by atomic mass is 16.1. The van der Waals surface area contributed by atoms with Crippen LogP contribution in [0.4, 0.5) is 0 Å². The summed E-state index contributed by atoms with van der Waals surface area (Å²) in [4.78, 5) is 19.3. The molecular formula is C19H19N3O. The van der Waals surface area contributed by atoms with Gasteiger partial charge in [-0.1, -0.05) is 18.1 Å². The Bertz CT molecular complexity index is 800. The molecular weight excluding hydrogens is 286 g/mol. The Balaban J connectivity index is 1.59. The van der Waals surface area contributed by atoms with E-state index in [2.05, 4.69) is 21.1 Å². The van der Waals surface area contributed by atoms with Crippen LogP contribution in [0.1, 0.15) is 28.9 Å². The smallest absolute Gasteiger partial charge is 0.270 e. The quantitative estimate of drug-likeness (QED) is 0.864. The summed E-state index contributed by atoms with van der Waals surface area (Å²) in [7, 11) is 0. The number of rotatable bonds is 2. The molecule has 1 atom stereocenters. The second-order valence-corrected chi connectivity index (χ2v) is 6.46. The number of piperidine rings is 3. The van der Waals surface area contributed by atoms with Gasteiger partial charge in [-0.2, -0.15) is 0 Å². The van der Waals surface area contributed by atoms with Gasteiger partial charge in [-0.15, -0.1) is 6.42 Å². The highest BCUT2D eigenvalue weighted by Crippen LogP contribution is 2.27. The van der Waals surface area contributed by atoms with E-state index >= 15 is 0 Å². The van der Waals surface area contributed by atoms with Gasteiger partial charge in [0, 0.05) is 35.1 Å². The summed E-state index contributed by atoms with van der Waals surface area (Å²) >= 11 is 0. The maximum Gasteiger partial charge on any atom is 0.270 e. The van der Waals surface area contributed by atoms with E-state index in [-0.39, 0.29) is 11.9 Å². The SMILES string of the molecule is C#Cc1cccc2cnc(C(=O)N[C@H]3CN4CCC3CC4)cc12. The van der Waals surface area contributed by atoms with Crippen molar-refractivity contribution < 1.29 is 4.79 Å². The average Bonchev–Trinajstić information content (AvgIpc) is 2.61. The molecule has 3 aliphatic heterocycles. The summed E-state index contributed by atoms with van der Waals surface area (Å²) in [6, 6.07) is 7.80. The van der Waals surface area contributed by atoms with Gasteiger partial charge in [-0.3, -0.25) is 9.78 Å². The van der Waals surface area contributed by atoms with Crippen LogP contribution in [-0.4, -0.2) is 41.5 Å². The molecule has 4 nitrogen and oxygen atoms in total. The maximum absolute atomic E-state index is 12.6. The van der Waals surface area contributed by atoms with Gasteiger partial charge in [-0.25, -0.2) is 0 Å². The molecule has 1 aromatic carbocycles.